The van der Waals surface area contributed by atoms with Crippen LogP contribution in [0.5, 0.6) is 5.75 Å². The molecule has 0 unspecified atom stereocenters. The molecule has 2 aromatic rings. The fourth-order valence-electron chi connectivity index (χ4n) is 1.76. The molecule has 1 aromatic carbocycles. The van der Waals surface area contributed by atoms with Crippen molar-refractivity contribution in [3.05, 3.63) is 29.1 Å². The van der Waals surface area contributed by atoms with E-state index in [1.165, 1.54) is 5.56 Å². The van der Waals surface area contributed by atoms with E-state index >= 15 is 0 Å². The van der Waals surface area contributed by atoms with Crippen LogP contribution in [0.15, 0.2) is 23.6 Å². The quantitative estimate of drug-likeness (QED) is 0.904. The van der Waals surface area contributed by atoms with Crippen molar-refractivity contribution in [1.29, 1.82) is 0 Å². The third-order valence-corrected chi connectivity index (χ3v) is 3.76. The second kappa shape index (κ2) is 5.40. The number of benzene rings is 1. The van der Waals surface area contributed by atoms with Crippen LogP contribution >= 0.6 is 11.3 Å². The number of nitrogens with zero attached hydrogens (tertiary/aromatic N) is 1. The Bertz CT molecular complexity index is 534. The number of methoxy groups -OCH3 is 1. The molecule has 18 heavy (non-hydrogen) atoms. The lowest BCUT2D eigenvalue weighted by Crippen LogP contribution is -1.93. The molecule has 0 aliphatic heterocycles. The predicted octanol–water partition coefficient (Wildman–Crippen LogP) is 3.98. The normalized spacial score (nSPS) is 10.7. The zero-order valence-electron chi connectivity index (χ0n) is 11.2. The molecule has 96 valence electrons. The van der Waals surface area contributed by atoms with Gasteiger partial charge in [0, 0.05) is 12.4 Å². The lowest BCUT2D eigenvalue weighted by molar-refractivity contribution is 0.415. The second-order valence-electron chi connectivity index (χ2n) is 4.40. The van der Waals surface area contributed by atoms with Crippen molar-refractivity contribution >= 4 is 17.2 Å². The van der Waals surface area contributed by atoms with Gasteiger partial charge >= 0.3 is 0 Å². The number of aromatic nitrogens is 1. The molecule has 1 aromatic heterocycles. The third-order valence-electron chi connectivity index (χ3n) is 2.88. The minimum absolute atomic E-state index is 0.497. The van der Waals surface area contributed by atoms with Gasteiger partial charge in [-0.05, 0) is 23.6 Å². The molecule has 0 aliphatic carbocycles. The smallest absolute Gasteiger partial charge is 0.137 e. The summed E-state index contributed by atoms with van der Waals surface area (Å²) in [6.07, 6.45) is 0. The summed E-state index contributed by atoms with van der Waals surface area (Å²) in [6.45, 7) is 4.36. The fourth-order valence-corrected chi connectivity index (χ4v) is 2.60. The molecule has 1 heterocycles. The van der Waals surface area contributed by atoms with Crippen LogP contribution in [0.3, 0.4) is 0 Å². The summed E-state index contributed by atoms with van der Waals surface area (Å²) in [7, 11) is 3.58. The second-order valence-corrected chi connectivity index (χ2v) is 5.26. The van der Waals surface area contributed by atoms with Gasteiger partial charge in [0.05, 0.1) is 12.7 Å². The molecule has 2 rings (SSSR count). The highest BCUT2D eigenvalue weighted by Crippen LogP contribution is 2.35. The van der Waals surface area contributed by atoms with Crippen molar-refractivity contribution in [3.8, 4) is 16.3 Å². The first-order chi connectivity index (χ1) is 8.65. The third kappa shape index (κ3) is 2.48. The highest BCUT2D eigenvalue weighted by Gasteiger charge is 2.11. The van der Waals surface area contributed by atoms with Gasteiger partial charge in [0.15, 0.2) is 0 Å². The standard InChI is InChI=1S/C14H18N2OS/c1-9(2)10-5-6-11(12(7-10)17-4)14-16-13(15-3)8-18-14/h5-9,15H,1-4H3. The Morgan fingerprint density at radius 1 is 1.33 bits per heavy atom. The maximum Gasteiger partial charge on any atom is 0.137 e. The van der Waals surface area contributed by atoms with Gasteiger partial charge in [-0.15, -0.1) is 11.3 Å². The average molecular weight is 262 g/mol. The number of nitrogens with one attached hydrogen (secondary N) is 1. The van der Waals surface area contributed by atoms with Crippen LogP contribution in [-0.2, 0) is 0 Å². The molecule has 0 amide bonds. The monoisotopic (exact) mass is 262 g/mol. The summed E-state index contributed by atoms with van der Waals surface area (Å²) in [6, 6.07) is 6.33. The number of thiazole rings is 1. The van der Waals surface area contributed by atoms with Gasteiger partial charge in [-0.25, -0.2) is 4.98 Å². The van der Waals surface area contributed by atoms with Gasteiger partial charge in [0.2, 0.25) is 0 Å². The van der Waals surface area contributed by atoms with Crippen molar-refractivity contribution < 1.29 is 4.74 Å². The number of anilines is 1. The summed E-state index contributed by atoms with van der Waals surface area (Å²) < 4.78 is 5.48. The Hall–Kier alpha value is -1.55. The molecule has 0 radical (unpaired) electrons. The zero-order chi connectivity index (χ0) is 13.1. The molecule has 1 N–H and O–H groups in total. The van der Waals surface area contributed by atoms with Crippen LogP contribution in [0.4, 0.5) is 5.82 Å². The lowest BCUT2D eigenvalue weighted by atomic mass is 10.0. The number of rotatable bonds is 4. The first kappa shape index (κ1) is 12.9. The van der Waals surface area contributed by atoms with Gasteiger partial charge < -0.3 is 10.1 Å². The Balaban J connectivity index is 2.44. The largest absolute Gasteiger partial charge is 0.496 e. The average Bonchev–Trinajstić information content (AvgIpc) is 2.86. The Morgan fingerprint density at radius 2 is 2.11 bits per heavy atom. The minimum Gasteiger partial charge on any atom is -0.496 e. The van der Waals surface area contributed by atoms with E-state index in [-0.39, 0.29) is 0 Å². The topological polar surface area (TPSA) is 34.1 Å². The van der Waals surface area contributed by atoms with Gasteiger partial charge in [0.1, 0.15) is 16.6 Å². The maximum atomic E-state index is 5.48. The highest BCUT2D eigenvalue weighted by atomic mass is 32.1. The Labute approximate surface area is 112 Å². The summed E-state index contributed by atoms with van der Waals surface area (Å²) in [5.74, 6) is 2.28. The summed E-state index contributed by atoms with van der Waals surface area (Å²) in [4.78, 5) is 4.51. The van der Waals surface area contributed by atoms with E-state index in [4.69, 9.17) is 4.74 Å². The van der Waals surface area contributed by atoms with E-state index in [9.17, 15) is 0 Å². The lowest BCUT2D eigenvalue weighted by Gasteiger charge is -2.11. The van der Waals surface area contributed by atoms with E-state index in [1.54, 1.807) is 18.4 Å². The van der Waals surface area contributed by atoms with Gasteiger partial charge in [-0.2, -0.15) is 0 Å². The van der Waals surface area contributed by atoms with Crippen LogP contribution in [0, 0.1) is 0 Å². The number of ether oxygens (including phenoxy) is 1. The van der Waals surface area contributed by atoms with E-state index < -0.39 is 0 Å². The summed E-state index contributed by atoms with van der Waals surface area (Å²) in [5.41, 5.74) is 2.33. The first-order valence-corrected chi connectivity index (χ1v) is 6.85. The zero-order valence-corrected chi connectivity index (χ0v) is 12.0. The molecule has 3 nitrogen and oxygen atoms in total. The van der Waals surface area contributed by atoms with Gasteiger partial charge in [-0.1, -0.05) is 19.9 Å². The highest BCUT2D eigenvalue weighted by molar-refractivity contribution is 7.13. The van der Waals surface area contributed by atoms with E-state index in [0.29, 0.717) is 5.92 Å². The van der Waals surface area contributed by atoms with Crippen molar-refractivity contribution in [1.82, 2.24) is 4.98 Å². The minimum atomic E-state index is 0.497. The number of hydrogen-bond acceptors (Lipinski definition) is 4. The summed E-state index contributed by atoms with van der Waals surface area (Å²) in [5, 5.41) is 6.03. The van der Waals surface area contributed by atoms with Gasteiger partial charge in [-0.3, -0.25) is 0 Å². The molecule has 4 heteroatoms. The van der Waals surface area contributed by atoms with Crippen LogP contribution in [0.2, 0.25) is 0 Å². The Morgan fingerprint density at radius 3 is 2.67 bits per heavy atom. The molecule has 0 bridgehead atoms. The van der Waals surface area contributed by atoms with Crippen LogP contribution < -0.4 is 10.1 Å². The van der Waals surface area contributed by atoms with E-state index in [0.717, 1.165) is 22.1 Å². The number of hydrogen-bond donors (Lipinski definition) is 1. The summed E-state index contributed by atoms with van der Waals surface area (Å²) >= 11 is 1.62. The van der Waals surface area contributed by atoms with Crippen molar-refractivity contribution in [3.63, 3.8) is 0 Å². The van der Waals surface area contributed by atoms with Crippen LogP contribution in [0.1, 0.15) is 25.3 Å². The molecule has 0 saturated carbocycles. The van der Waals surface area contributed by atoms with Crippen molar-refractivity contribution in [2.24, 2.45) is 0 Å². The molecule has 0 atom stereocenters. The molecule has 0 aliphatic rings. The molecule has 0 saturated heterocycles. The Kier molecular flexibility index (Phi) is 3.87. The van der Waals surface area contributed by atoms with E-state index in [1.807, 2.05) is 12.4 Å². The molecule has 0 spiro atoms. The predicted molar refractivity (Wildman–Crippen MR) is 77.7 cm³/mol. The molecular weight excluding hydrogens is 244 g/mol. The van der Waals surface area contributed by atoms with E-state index in [2.05, 4.69) is 42.3 Å². The van der Waals surface area contributed by atoms with Crippen molar-refractivity contribution in [2.75, 3.05) is 19.5 Å². The molecule has 0 fully saturated rings. The van der Waals surface area contributed by atoms with Crippen LogP contribution in [-0.4, -0.2) is 19.1 Å². The SMILES string of the molecule is CNc1csc(-c2ccc(C(C)C)cc2OC)n1. The van der Waals surface area contributed by atoms with Crippen molar-refractivity contribution in [2.45, 2.75) is 19.8 Å². The molecular formula is C14H18N2OS. The van der Waals surface area contributed by atoms with Crippen LogP contribution in [0.25, 0.3) is 10.6 Å². The maximum absolute atomic E-state index is 5.48. The fraction of sp³-hybridized carbons (Fsp3) is 0.357. The van der Waals surface area contributed by atoms with Gasteiger partial charge in [0.25, 0.3) is 0 Å². The first-order valence-electron chi connectivity index (χ1n) is 5.97.